The average molecular weight is 531 g/mol. The van der Waals surface area contributed by atoms with Crippen molar-refractivity contribution in [1.29, 1.82) is 0 Å². The van der Waals surface area contributed by atoms with E-state index >= 15 is 0 Å². The zero-order chi connectivity index (χ0) is 27.4. The van der Waals surface area contributed by atoms with Crippen LogP contribution in [-0.4, -0.2) is 75.9 Å². The lowest BCUT2D eigenvalue weighted by Crippen LogP contribution is -2.50. The Morgan fingerprint density at radius 1 is 0.718 bits per heavy atom. The van der Waals surface area contributed by atoms with Crippen LogP contribution in [0.4, 0.5) is 0 Å². The molecular weight excluding hydrogens is 500 g/mol. The number of rotatable bonds is 7. The van der Waals surface area contributed by atoms with Gasteiger partial charge in [-0.2, -0.15) is 0 Å². The Hall–Kier alpha value is -4.66. The number of carbonyl (C=O) groups excluding carboxylic acids is 2. The molecule has 39 heavy (non-hydrogen) atoms. The van der Waals surface area contributed by atoms with E-state index in [-0.39, 0.29) is 18.6 Å². The van der Waals surface area contributed by atoms with Crippen LogP contribution in [-0.2, 0) is 4.79 Å². The highest BCUT2D eigenvalue weighted by molar-refractivity contribution is 6.00. The quantitative estimate of drug-likeness (QED) is 0.429. The second kappa shape index (κ2) is 11.4. The van der Waals surface area contributed by atoms with E-state index in [9.17, 15) is 9.59 Å². The van der Waals surface area contributed by atoms with Crippen molar-refractivity contribution in [3.05, 3.63) is 83.4 Å². The highest BCUT2D eigenvalue weighted by atomic mass is 16.7. The van der Waals surface area contributed by atoms with Crippen molar-refractivity contribution in [2.75, 3.05) is 54.3 Å². The summed E-state index contributed by atoms with van der Waals surface area (Å²) >= 11 is 0. The van der Waals surface area contributed by atoms with Gasteiger partial charge in [-0.25, -0.2) is 0 Å². The SMILES string of the molecule is COc1cc(C(=O)N2CCN(C(=O)/C=C(\c3ccccc3)c3ccc4c(c3)OCO4)CC2)cc(OC)c1OC. The molecule has 0 spiro atoms. The Bertz CT molecular complexity index is 1370. The van der Waals surface area contributed by atoms with Crippen molar-refractivity contribution in [2.24, 2.45) is 0 Å². The molecule has 1 saturated heterocycles. The van der Waals surface area contributed by atoms with Crippen LogP contribution < -0.4 is 23.7 Å². The molecule has 9 heteroatoms. The molecule has 0 N–H and O–H groups in total. The fraction of sp³-hybridized carbons (Fsp3) is 0.267. The predicted octanol–water partition coefficient (Wildman–Crippen LogP) is 3.86. The van der Waals surface area contributed by atoms with E-state index in [0.717, 1.165) is 16.7 Å². The van der Waals surface area contributed by atoms with Gasteiger partial charge in [0.25, 0.3) is 5.91 Å². The molecule has 202 valence electrons. The third-order valence-corrected chi connectivity index (χ3v) is 6.83. The second-order valence-corrected chi connectivity index (χ2v) is 9.02. The molecule has 0 aliphatic carbocycles. The van der Waals surface area contributed by atoms with Crippen molar-refractivity contribution >= 4 is 17.4 Å². The van der Waals surface area contributed by atoms with Gasteiger partial charge in [-0.3, -0.25) is 9.59 Å². The standard InChI is InChI=1S/C30H30N2O7/c1-35-26-16-22(17-27(36-2)29(26)37-3)30(34)32-13-11-31(12-14-32)28(33)18-23(20-7-5-4-6-8-20)21-9-10-24-25(15-21)39-19-38-24/h4-10,15-18H,11-14,19H2,1-3H3/b23-18+. The average Bonchev–Trinajstić information content (AvgIpc) is 3.47. The number of ether oxygens (including phenoxy) is 5. The molecule has 3 aromatic carbocycles. The summed E-state index contributed by atoms with van der Waals surface area (Å²) in [7, 11) is 4.54. The summed E-state index contributed by atoms with van der Waals surface area (Å²) in [5, 5.41) is 0. The van der Waals surface area contributed by atoms with Gasteiger partial charge in [-0.1, -0.05) is 36.4 Å². The lowest BCUT2D eigenvalue weighted by Gasteiger charge is -2.34. The molecule has 2 aliphatic heterocycles. The minimum Gasteiger partial charge on any atom is -0.493 e. The van der Waals surface area contributed by atoms with Crippen LogP contribution in [0, 0.1) is 0 Å². The van der Waals surface area contributed by atoms with Crippen LogP contribution in [0.1, 0.15) is 21.5 Å². The van der Waals surface area contributed by atoms with E-state index < -0.39 is 0 Å². The number of nitrogens with zero attached hydrogens (tertiary/aromatic N) is 2. The summed E-state index contributed by atoms with van der Waals surface area (Å²) in [6.07, 6.45) is 1.66. The first-order valence-corrected chi connectivity index (χ1v) is 12.6. The molecule has 2 amide bonds. The number of methoxy groups -OCH3 is 3. The van der Waals surface area contributed by atoms with Crippen LogP contribution in [0.5, 0.6) is 28.7 Å². The van der Waals surface area contributed by atoms with Crippen LogP contribution in [0.2, 0.25) is 0 Å². The highest BCUT2D eigenvalue weighted by Crippen LogP contribution is 2.39. The zero-order valence-corrected chi connectivity index (χ0v) is 22.1. The number of hydrogen-bond donors (Lipinski definition) is 0. The van der Waals surface area contributed by atoms with E-state index in [1.807, 2.05) is 48.5 Å². The summed E-state index contributed by atoms with van der Waals surface area (Å²) in [5.41, 5.74) is 2.99. The number of hydrogen-bond acceptors (Lipinski definition) is 7. The summed E-state index contributed by atoms with van der Waals surface area (Å²) in [5.74, 6) is 2.31. The van der Waals surface area contributed by atoms with Crippen molar-refractivity contribution < 1.29 is 33.3 Å². The van der Waals surface area contributed by atoms with Gasteiger partial charge in [0, 0.05) is 37.8 Å². The molecule has 1 fully saturated rings. The minimum atomic E-state index is -0.165. The van der Waals surface area contributed by atoms with Crippen LogP contribution in [0.25, 0.3) is 5.57 Å². The number of piperazine rings is 1. The number of fused-ring (bicyclic) bond motifs is 1. The minimum absolute atomic E-state index is 0.119. The first-order valence-electron chi connectivity index (χ1n) is 12.6. The van der Waals surface area contributed by atoms with Gasteiger partial charge in [0.2, 0.25) is 18.4 Å². The van der Waals surface area contributed by atoms with Crippen molar-refractivity contribution in [3.63, 3.8) is 0 Å². The van der Waals surface area contributed by atoms with Gasteiger partial charge in [-0.15, -0.1) is 0 Å². The van der Waals surface area contributed by atoms with Gasteiger partial charge >= 0.3 is 0 Å². The lowest BCUT2D eigenvalue weighted by molar-refractivity contribution is -0.127. The molecule has 2 heterocycles. The van der Waals surface area contributed by atoms with Crippen molar-refractivity contribution in [3.8, 4) is 28.7 Å². The normalized spacial score (nSPS) is 14.7. The molecule has 0 aromatic heterocycles. The fourth-order valence-corrected chi connectivity index (χ4v) is 4.75. The van der Waals surface area contributed by atoms with E-state index in [4.69, 9.17) is 23.7 Å². The predicted molar refractivity (Wildman–Crippen MR) is 145 cm³/mol. The summed E-state index contributed by atoms with van der Waals surface area (Å²) < 4.78 is 27.1. The molecule has 0 unspecified atom stereocenters. The molecule has 0 radical (unpaired) electrons. The van der Waals surface area contributed by atoms with Gasteiger partial charge in [0.15, 0.2) is 23.0 Å². The Morgan fingerprint density at radius 3 is 2.00 bits per heavy atom. The number of amides is 2. The smallest absolute Gasteiger partial charge is 0.254 e. The van der Waals surface area contributed by atoms with E-state index in [1.165, 1.54) is 21.3 Å². The highest BCUT2D eigenvalue weighted by Gasteiger charge is 2.27. The Kier molecular flexibility index (Phi) is 7.58. The third-order valence-electron chi connectivity index (χ3n) is 6.83. The Morgan fingerprint density at radius 2 is 1.36 bits per heavy atom. The van der Waals surface area contributed by atoms with Gasteiger partial charge < -0.3 is 33.5 Å². The fourth-order valence-electron chi connectivity index (χ4n) is 4.75. The first kappa shape index (κ1) is 26.0. The number of benzene rings is 3. The maximum absolute atomic E-state index is 13.4. The Labute approximate surface area is 227 Å². The maximum atomic E-state index is 13.4. The molecule has 9 nitrogen and oxygen atoms in total. The maximum Gasteiger partial charge on any atom is 0.254 e. The van der Waals surface area contributed by atoms with Crippen LogP contribution >= 0.6 is 0 Å². The van der Waals surface area contributed by atoms with E-state index in [1.54, 1.807) is 28.0 Å². The second-order valence-electron chi connectivity index (χ2n) is 9.02. The van der Waals surface area contributed by atoms with Crippen LogP contribution in [0.15, 0.2) is 66.7 Å². The number of carbonyl (C=O) groups is 2. The molecule has 0 saturated carbocycles. The third kappa shape index (κ3) is 5.34. The van der Waals surface area contributed by atoms with Gasteiger partial charge in [-0.05, 0) is 41.0 Å². The first-order chi connectivity index (χ1) is 19.0. The topological polar surface area (TPSA) is 86.8 Å². The molecule has 0 bridgehead atoms. The molecular formula is C30H30N2O7. The monoisotopic (exact) mass is 530 g/mol. The lowest BCUT2D eigenvalue weighted by atomic mass is 9.97. The van der Waals surface area contributed by atoms with E-state index in [0.29, 0.717) is 60.5 Å². The van der Waals surface area contributed by atoms with Crippen molar-refractivity contribution in [1.82, 2.24) is 9.80 Å². The van der Waals surface area contributed by atoms with Gasteiger partial charge in [0.1, 0.15) is 0 Å². The summed E-state index contributed by atoms with van der Waals surface area (Å²) in [4.78, 5) is 30.2. The van der Waals surface area contributed by atoms with Gasteiger partial charge in [0.05, 0.1) is 21.3 Å². The Balaban J connectivity index is 1.32. The zero-order valence-electron chi connectivity index (χ0n) is 22.1. The largest absolute Gasteiger partial charge is 0.493 e. The molecule has 3 aromatic rings. The molecule has 0 atom stereocenters. The van der Waals surface area contributed by atoms with E-state index in [2.05, 4.69) is 0 Å². The summed E-state index contributed by atoms with van der Waals surface area (Å²) in [6.45, 7) is 1.81. The molecule has 5 rings (SSSR count). The van der Waals surface area contributed by atoms with Crippen molar-refractivity contribution in [2.45, 2.75) is 0 Å². The van der Waals surface area contributed by atoms with Crippen LogP contribution in [0.3, 0.4) is 0 Å². The summed E-state index contributed by atoms with van der Waals surface area (Å²) in [6, 6.07) is 18.7. The molecule has 2 aliphatic rings.